The second-order valence-corrected chi connectivity index (χ2v) is 7.10. The van der Waals surface area contributed by atoms with Crippen molar-refractivity contribution in [3.63, 3.8) is 0 Å². The number of hydrogen-bond donors (Lipinski definition) is 0. The summed E-state index contributed by atoms with van der Waals surface area (Å²) in [5, 5.41) is 8.22. The highest BCUT2D eigenvalue weighted by Crippen LogP contribution is 2.37. The van der Waals surface area contributed by atoms with Gasteiger partial charge in [0.25, 0.3) is 0 Å². The topological polar surface area (TPSA) is 63.0 Å². The molecule has 0 N–H and O–H groups in total. The summed E-state index contributed by atoms with van der Waals surface area (Å²) in [7, 11) is 0. The smallest absolute Gasteiger partial charge is 0.350 e. The molecule has 2 aromatic rings. The van der Waals surface area contributed by atoms with E-state index in [9.17, 15) is 13.2 Å². The molecule has 0 unspecified atom stereocenters. The lowest BCUT2D eigenvalue weighted by Gasteiger charge is -2.39. The highest BCUT2D eigenvalue weighted by molar-refractivity contribution is 5.44. The Morgan fingerprint density at radius 3 is 2.26 bits per heavy atom. The Morgan fingerprint density at radius 1 is 0.963 bits per heavy atom. The van der Waals surface area contributed by atoms with Gasteiger partial charge in [0.05, 0.1) is 18.9 Å². The molecule has 1 aliphatic carbocycles. The van der Waals surface area contributed by atoms with Crippen molar-refractivity contribution in [1.29, 1.82) is 0 Å². The van der Waals surface area contributed by atoms with Crippen LogP contribution in [0.5, 0.6) is 0 Å². The first-order chi connectivity index (χ1) is 13.0. The Balaban J connectivity index is 1.39. The lowest BCUT2D eigenvalue weighted by Crippen LogP contribution is -2.47. The molecule has 1 saturated heterocycles. The summed E-state index contributed by atoms with van der Waals surface area (Å²) in [4.78, 5) is 13.7. The van der Waals surface area contributed by atoms with Crippen molar-refractivity contribution >= 4 is 5.82 Å². The number of rotatable bonds is 6. The molecule has 2 aliphatic rings. The first kappa shape index (κ1) is 18.1. The van der Waals surface area contributed by atoms with Gasteiger partial charge < -0.3 is 9.80 Å². The molecule has 1 aliphatic heterocycles. The van der Waals surface area contributed by atoms with E-state index in [0.29, 0.717) is 11.9 Å². The van der Waals surface area contributed by atoms with E-state index in [0.717, 1.165) is 64.3 Å². The van der Waals surface area contributed by atoms with Crippen LogP contribution in [-0.2, 0) is 12.7 Å². The summed E-state index contributed by atoms with van der Waals surface area (Å²) >= 11 is 0. The molecule has 0 radical (unpaired) electrons. The Morgan fingerprint density at radius 2 is 1.63 bits per heavy atom. The number of piperidine rings is 1. The minimum absolute atomic E-state index is 0.215. The predicted octanol–water partition coefficient (Wildman–Crippen LogP) is 2.22. The van der Waals surface area contributed by atoms with Crippen LogP contribution in [-0.4, -0.2) is 61.6 Å². The average molecular weight is 381 g/mol. The van der Waals surface area contributed by atoms with Crippen LogP contribution in [0.25, 0.3) is 0 Å². The van der Waals surface area contributed by atoms with Gasteiger partial charge in [0.1, 0.15) is 17.8 Å². The molecule has 3 heterocycles. The van der Waals surface area contributed by atoms with Crippen LogP contribution in [0, 0.1) is 0 Å². The molecule has 27 heavy (non-hydrogen) atoms. The van der Waals surface area contributed by atoms with E-state index in [-0.39, 0.29) is 6.04 Å². The van der Waals surface area contributed by atoms with Crippen molar-refractivity contribution < 1.29 is 13.2 Å². The summed E-state index contributed by atoms with van der Waals surface area (Å²) in [6.45, 7) is 3.43. The van der Waals surface area contributed by atoms with Crippen molar-refractivity contribution in [2.45, 2.75) is 50.5 Å². The third-order valence-corrected chi connectivity index (χ3v) is 5.18. The zero-order valence-corrected chi connectivity index (χ0v) is 14.9. The largest absolute Gasteiger partial charge is 0.433 e. The van der Waals surface area contributed by atoms with Crippen LogP contribution in [0.3, 0.4) is 0 Å². The third kappa shape index (κ3) is 4.37. The molecular formula is C17H22F3N7. The molecule has 10 heteroatoms. The van der Waals surface area contributed by atoms with Crippen molar-refractivity contribution in [1.82, 2.24) is 29.9 Å². The van der Waals surface area contributed by atoms with E-state index < -0.39 is 11.9 Å². The average Bonchev–Trinajstić information content (AvgIpc) is 3.34. The van der Waals surface area contributed by atoms with Crippen LogP contribution in [0.1, 0.15) is 31.4 Å². The maximum atomic E-state index is 13.0. The van der Waals surface area contributed by atoms with Crippen LogP contribution in [0.2, 0.25) is 0 Å². The Bertz CT molecular complexity index is 737. The maximum Gasteiger partial charge on any atom is 0.433 e. The first-order valence-electron chi connectivity index (χ1n) is 9.25. The molecule has 2 fully saturated rings. The normalized spacial score (nSPS) is 19.4. The van der Waals surface area contributed by atoms with Gasteiger partial charge in [-0.3, -0.25) is 0 Å². The van der Waals surface area contributed by atoms with Gasteiger partial charge in [0.2, 0.25) is 0 Å². The van der Waals surface area contributed by atoms with Crippen LogP contribution >= 0.6 is 0 Å². The number of likely N-dealkylation sites (tertiary alicyclic amines) is 1. The van der Waals surface area contributed by atoms with Gasteiger partial charge in [0.15, 0.2) is 0 Å². The summed E-state index contributed by atoms with van der Waals surface area (Å²) in [6.07, 6.45) is 3.75. The van der Waals surface area contributed by atoms with Crippen molar-refractivity contribution in [2.75, 3.05) is 24.5 Å². The molecule has 0 aromatic carbocycles. The van der Waals surface area contributed by atoms with Gasteiger partial charge in [-0.05, 0) is 25.7 Å². The Kier molecular flexibility index (Phi) is 4.98. The van der Waals surface area contributed by atoms with E-state index in [4.69, 9.17) is 0 Å². The fourth-order valence-corrected chi connectivity index (χ4v) is 3.68. The van der Waals surface area contributed by atoms with Crippen molar-refractivity contribution in [3.05, 3.63) is 30.5 Å². The van der Waals surface area contributed by atoms with Gasteiger partial charge in [-0.1, -0.05) is 0 Å². The number of nitrogens with zero attached hydrogens (tertiary/aromatic N) is 7. The van der Waals surface area contributed by atoms with E-state index in [1.807, 2.05) is 0 Å². The number of hydrogen-bond acceptors (Lipinski definition) is 6. The highest BCUT2D eigenvalue weighted by Gasteiger charge is 2.38. The standard InChI is InChI=1S/C17H22F3N7/c18-17(19,20)15-11-16(22-12-21-15)27(13-1-2-13)14-3-7-25(8-4-14)9-10-26-23-5-6-24-26/h5-6,11-14H,1-4,7-10H2. The summed E-state index contributed by atoms with van der Waals surface area (Å²) in [5.41, 5.74) is -0.873. The number of alkyl halides is 3. The lowest BCUT2D eigenvalue weighted by molar-refractivity contribution is -0.141. The molecule has 2 aromatic heterocycles. The molecule has 0 amide bonds. The van der Waals surface area contributed by atoms with Crippen LogP contribution < -0.4 is 4.90 Å². The van der Waals surface area contributed by atoms with Gasteiger partial charge >= 0.3 is 6.18 Å². The van der Waals surface area contributed by atoms with Gasteiger partial charge in [-0.15, -0.1) is 0 Å². The van der Waals surface area contributed by atoms with Crippen LogP contribution in [0.15, 0.2) is 24.8 Å². The number of halogens is 3. The Hall–Kier alpha value is -2.23. The summed E-state index contributed by atoms with van der Waals surface area (Å²) < 4.78 is 39.0. The van der Waals surface area contributed by atoms with Gasteiger partial charge in [-0.25, -0.2) is 9.97 Å². The maximum absolute atomic E-state index is 13.0. The zero-order valence-electron chi connectivity index (χ0n) is 14.9. The monoisotopic (exact) mass is 381 g/mol. The molecule has 0 spiro atoms. The van der Waals surface area contributed by atoms with E-state index >= 15 is 0 Å². The highest BCUT2D eigenvalue weighted by atomic mass is 19.4. The summed E-state index contributed by atoms with van der Waals surface area (Å²) in [6, 6.07) is 1.60. The molecular weight excluding hydrogens is 359 g/mol. The molecule has 0 atom stereocenters. The van der Waals surface area contributed by atoms with Gasteiger partial charge in [-0.2, -0.15) is 28.2 Å². The molecule has 1 saturated carbocycles. The van der Waals surface area contributed by atoms with Crippen molar-refractivity contribution in [3.8, 4) is 0 Å². The van der Waals surface area contributed by atoms with Crippen LogP contribution in [0.4, 0.5) is 19.0 Å². The number of aromatic nitrogens is 5. The number of anilines is 1. The zero-order chi connectivity index (χ0) is 18.9. The second-order valence-electron chi connectivity index (χ2n) is 7.10. The third-order valence-electron chi connectivity index (χ3n) is 5.18. The lowest BCUT2D eigenvalue weighted by atomic mass is 10.0. The molecule has 4 rings (SSSR count). The quantitative estimate of drug-likeness (QED) is 0.765. The van der Waals surface area contributed by atoms with E-state index in [2.05, 4.69) is 30.0 Å². The molecule has 0 bridgehead atoms. The minimum Gasteiger partial charge on any atom is -0.350 e. The van der Waals surface area contributed by atoms with E-state index in [1.54, 1.807) is 17.2 Å². The summed E-state index contributed by atoms with van der Waals surface area (Å²) in [5.74, 6) is 0.402. The first-order valence-corrected chi connectivity index (χ1v) is 9.25. The van der Waals surface area contributed by atoms with E-state index in [1.165, 1.54) is 0 Å². The Labute approximate surface area is 155 Å². The van der Waals surface area contributed by atoms with Crippen molar-refractivity contribution in [2.24, 2.45) is 0 Å². The van der Waals surface area contributed by atoms with Gasteiger partial charge in [0, 0.05) is 37.8 Å². The predicted molar refractivity (Wildman–Crippen MR) is 92.0 cm³/mol. The fraction of sp³-hybridized carbons (Fsp3) is 0.647. The fourth-order valence-electron chi connectivity index (χ4n) is 3.68. The molecule has 146 valence electrons. The SMILES string of the molecule is FC(F)(F)c1cc(N(C2CC2)C2CCN(CCn3nccn3)CC2)ncn1. The molecule has 7 nitrogen and oxygen atoms in total. The second kappa shape index (κ2) is 7.41. The minimum atomic E-state index is -4.45.